The lowest BCUT2D eigenvalue weighted by Crippen LogP contribution is -2.29. The maximum atomic E-state index is 14.8. The molecule has 0 aliphatic rings. The van der Waals surface area contributed by atoms with Crippen LogP contribution in [0.2, 0.25) is 5.02 Å². The number of anilines is 1. The highest BCUT2D eigenvalue weighted by Crippen LogP contribution is 2.28. The van der Waals surface area contributed by atoms with Gasteiger partial charge < -0.3 is 21.6 Å². The summed E-state index contributed by atoms with van der Waals surface area (Å²) < 4.78 is 41.8. The third kappa shape index (κ3) is 6.50. The molecule has 0 atom stereocenters. The zero-order chi connectivity index (χ0) is 21.4. The van der Waals surface area contributed by atoms with Crippen LogP contribution in [0.3, 0.4) is 0 Å². The molecule has 0 radical (unpaired) electrons. The highest BCUT2D eigenvalue weighted by molar-refractivity contribution is 7.92. The number of nitrogens with two attached hydrogens (primary N) is 2. The van der Waals surface area contributed by atoms with Crippen LogP contribution in [0.15, 0.2) is 52.5 Å². The molecule has 2 aromatic rings. The predicted octanol–water partition coefficient (Wildman–Crippen LogP) is 1.14. The SMILES string of the molecule is NC(N)=NOCCNC(=O)Cc1c(Cl)ccc(NS(=O)(=O)c2ccccc2)c1F. The van der Waals surface area contributed by atoms with E-state index in [9.17, 15) is 17.6 Å². The van der Waals surface area contributed by atoms with Gasteiger partial charge in [-0.1, -0.05) is 29.8 Å². The van der Waals surface area contributed by atoms with Gasteiger partial charge in [-0.15, -0.1) is 0 Å². The van der Waals surface area contributed by atoms with Crippen LogP contribution < -0.4 is 21.5 Å². The van der Waals surface area contributed by atoms with Gasteiger partial charge in [0, 0.05) is 10.6 Å². The number of nitrogens with zero attached hydrogens (tertiary/aromatic N) is 1. The van der Waals surface area contributed by atoms with Crippen LogP contribution in [-0.4, -0.2) is 33.4 Å². The number of amides is 1. The number of rotatable bonds is 9. The Bertz CT molecular complexity index is 998. The number of hydrogen-bond acceptors (Lipinski definition) is 5. The summed E-state index contributed by atoms with van der Waals surface area (Å²) in [4.78, 5) is 16.7. The average Bonchev–Trinajstić information content (AvgIpc) is 2.67. The number of halogens is 2. The first-order valence-corrected chi connectivity index (χ1v) is 10.1. The van der Waals surface area contributed by atoms with E-state index in [2.05, 4.69) is 15.2 Å². The Morgan fingerprint density at radius 1 is 1.17 bits per heavy atom. The summed E-state index contributed by atoms with van der Waals surface area (Å²) in [5.41, 5.74) is 9.68. The molecule has 12 heteroatoms. The number of nitrogens with one attached hydrogen (secondary N) is 2. The molecule has 156 valence electrons. The fraction of sp³-hybridized carbons (Fsp3) is 0.176. The first kappa shape index (κ1) is 22.2. The first-order valence-electron chi connectivity index (χ1n) is 8.23. The van der Waals surface area contributed by atoms with Gasteiger partial charge in [0.05, 0.1) is 23.5 Å². The molecule has 9 nitrogen and oxygen atoms in total. The molecular weight excluding hydrogens is 425 g/mol. The Morgan fingerprint density at radius 3 is 2.52 bits per heavy atom. The molecule has 0 heterocycles. The van der Waals surface area contributed by atoms with Crippen molar-refractivity contribution in [2.45, 2.75) is 11.3 Å². The average molecular weight is 444 g/mol. The van der Waals surface area contributed by atoms with Crippen LogP contribution in [-0.2, 0) is 26.1 Å². The fourth-order valence-electron chi connectivity index (χ4n) is 2.22. The van der Waals surface area contributed by atoms with Crippen LogP contribution in [0.4, 0.5) is 10.1 Å². The number of carbonyl (C=O) groups excluding carboxylic acids is 1. The fourth-order valence-corrected chi connectivity index (χ4v) is 3.51. The summed E-state index contributed by atoms with van der Waals surface area (Å²) in [6.07, 6.45) is -0.409. The summed E-state index contributed by atoms with van der Waals surface area (Å²) in [7, 11) is -4.00. The normalized spacial score (nSPS) is 10.8. The second-order valence-corrected chi connectivity index (χ2v) is 7.77. The van der Waals surface area contributed by atoms with Crippen molar-refractivity contribution in [3.8, 4) is 0 Å². The van der Waals surface area contributed by atoms with Crippen LogP contribution in [0.5, 0.6) is 0 Å². The molecule has 2 aromatic carbocycles. The smallest absolute Gasteiger partial charge is 0.261 e. The Hall–Kier alpha value is -3.05. The van der Waals surface area contributed by atoms with E-state index >= 15 is 0 Å². The van der Waals surface area contributed by atoms with E-state index in [4.69, 9.17) is 27.9 Å². The minimum Gasteiger partial charge on any atom is -0.391 e. The number of carbonyl (C=O) groups is 1. The van der Waals surface area contributed by atoms with Crippen LogP contribution in [0.25, 0.3) is 0 Å². The van der Waals surface area contributed by atoms with Gasteiger partial charge in [0.1, 0.15) is 6.61 Å². The standard InChI is InChI=1S/C17H19ClFN5O4S/c18-13-6-7-14(24-29(26,27)11-4-2-1-3-5-11)16(19)12(13)10-15(25)22-8-9-28-23-17(20)21/h1-7,24H,8-10H2,(H,22,25)(H4,20,21,23). The number of guanidine groups is 1. The van der Waals surface area contributed by atoms with Crippen LogP contribution in [0.1, 0.15) is 5.56 Å². The monoisotopic (exact) mass is 443 g/mol. The van der Waals surface area contributed by atoms with Gasteiger partial charge in [-0.25, -0.2) is 12.8 Å². The van der Waals surface area contributed by atoms with Crippen molar-refractivity contribution in [1.82, 2.24) is 5.32 Å². The molecule has 0 aliphatic heterocycles. The molecule has 2 rings (SSSR count). The first-order chi connectivity index (χ1) is 13.7. The van der Waals surface area contributed by atoms with Gasteiger partial charge in [0.2, 0.25) is 11.9 Å². The molecule has 29 heavy (non-hydrogen) atoms. The Morgan fingerprint density at radius 2 is 1.86 bits per heavy atom. The molecule has 0 saturated heterocycles. The number of sulfonamides is 1. The van der Waals surface area contributed by atoms with Gasteiger partial charge in [0.15, 0.2) is 5.82 Å². The highest BCUT2D eigenvalue weighted by Gasteiger charge is 2.20. The Balaban J connectivity index is 2.08. The van der Waals surface area contributed by atoms with Gasteiger partial charge in [0.25, 0.3) is 10.0 Å². The zero-order valence-corrected chi connectivity index (χ0v) is 16.6. The second kappa shape index (κ2) is 9.94. The summed E-state index contributed by atoms with van der Waals surface area (Å²) in [5.74, 6) is -1.76. The van der Waals surface area contributed by atoms with Gasteiger partial charge in [-0.3, -0.25) is 9.52 Å². The largest absolute Gasteiger partial charge is 0.391 e. The molecule has 1 amide bonds. The molecular formula is C17H19ClFN5O4S. The maximum absolute atomic E-state index is 14.8. The lowest BCUT2D eigenvalue weighted by Gasteiger charge is -2.13. The predicted molar refractivity (Wildman–Crippen MR) is 107 cm³/mol. The number of oxime groups is 1. The summed E-state index contributed by atoms with van der Waals surface area (Å²) >= 11 is 5.98. The molecule has 0 spiro atoms. The van der Waals surface area contributed by atoms with Crippen molar-refractivity contribution >= 4 is 39.2 Å². The lowest BCUT2D eigenvalue weighted by atomic mass is 10.1. The molecule has 6 N–H and O–H groups in total. The minimum absolute atomic E-state index is 0.00321. The van der Waals surface area contributed by atoms with Crippen molar-refractivity contribution in [3.63, 3.8) is 0 Å². The quantitative estimate of drug-likeness (QED) is 0.197. The Labute approximate surface area is 171 Å². The topological polar surface area (TPSA) is 149 Å². The Kier molecular flexibility index (Phi) is 7.62. The summed E-state index contributed by atoms with van der Waals surface area (Å²) in [5, 5.41) is 5.74. The zero-order valence-electron chi connectivity index (χ0n) is 15.1. The molecule has 0 aromatic heterocycles. The lowest BCUT2D eigenvalue weighted by molar-refractivity contribution is -0.120. The van der Waals surface area contributed by atoms with Gasteiger partial charge in [-0.2, -0.15) is 0 Å². The van der Waals surface area contributed by atoms with E-state index < -0.39 is 28.2 Å². The van der Waals surface area contributed by atoms with Gasteiger partial charge >= 0.3 is 0 Å². The van der Waals surface area contributed by atoms with E-state index in [1.165, 1.54) is 24.3 Å². The van der Waals surface area contributed by atoms with Crippen molar-refractivity contribution in [3.05, 3.63) is 58.9 Å². The van der Waals surface area contributed by atoms with E-state index in [0.29, 0.717) is 0 Å². The number of hydrogen-bond donors (Lipinski definition) is 4. The minimum atomic E-state index is -4.00. The van der Waals surface area contributed by atoms with E-state index in [0.717, 1.165) is 0 Å². The van der Waals surface area contributed by atoms with E-state index in [-0.39, 0.29) is 40.3 Å². The van der Waals surface area contributed by atoms with Crippen molar-refractivity contribution in [1.29, 1.82) is 0 Å². The van der Waals surface area contributed by atoms with Crippen LogP contribution in [0, 0.1) is 5.82 Å². The summed E-state index contributed by atoms with van der Waals surface area (Å²) in [6.45, 7) is 0.0615. The van der Waals surface area contributed by atoms with Gasteiger partial charge in [-0.05, 0) is 29.4 Å². The maximum Gasteiger partial charge on any atom is 0.261 e. The van der Waals surface area contributed by atoms with E-state index in [1.54, 1.807) is 18.2 Å². The highest BCUT2D eigenvalue weighted by atomic mass is 35.5. The second-order valence-electron chi connectivity index (χ2n) is 5.68. The van der Waals surface area contributed by atoms with E-state index in [1.807, 2.05) is 0 Å². The third-order valence-electron chi connectivity index (χ3n) is 3.51. The molecule has 0 fully saturated rings. The van der Waals surface area contributed by atoms with Crippen LogP contribution >= 0.6 is 11.6 Å². The number of benzene rings is 2. The molecule has 0 saturated carbocycles. The molecule has 0 bridgehead atoms. The van der Waals surface area contributed by atoms with Crippen molar-refractivity contribution < 1.29 is 22.4 Å². The third-order valence-corrected chi connectivity index (χ3v) is 5.24. The molecule has 0 unspecified atom stereocenters. The van der Waals surface area contributed by atoms with Crippen molar-refractivity contribution in [2.75, 3.05) is 17.9 Å². The van der Waals surface area contributed by atoms with Crippen molar-refractivity contribution in [2.24, 2.45) is 16.6 Å². The summed E-state index contributed by atoms with van der Waals surface area (Å²) in [6, 6.07) is 9.96. The molecule has 0 aliphatic carbocycles.